The third-order valence-corrected chi connectivity index (χ3v) is 3.99. The smallest absolute Gasteiger partial charge is 0.314 e. The van der Waals surface area contributed by atoms with E-state index in [4.69, 9.17) is 4.74 Å². The number of aryl methyl sites for hydroxylation is 1. The number of ether oxygens (including phenoxy) is 1. The number of hydrogen-bond donors (Lipinski definition) is 2. The van der Waals surface area contributed by atoms with Gasteiger partial charge in [-0.1, -0.05) is 48.0 Å². The van der Waals surface area contributed by atoms with Gasteiger partial charge in [0.05, 0.1) is 6.54 Å². The summed E-state index contributed by atoms with van der Waals surface area (Å²) in [6.45, 7) is 3.22. The van der Waals surface area contributed by atoms with Gasteiger partial charge in [-0.2, -0.15) is 0 Å². The molecule has 4 nitrogen and oxygen atoms in total. The molecule has 2 amide bonds. The minimum absolute atomic E-state index is 0.0231. The Kier molecular flexibility index (Phi) is 4.81. The van der Waals surface area contributed by atoms with E-state index in [1.807, 2.05) is 24.3 Å². The number of urea groups is 1. The van der Waals surface area contributed by atoms with Crippen molar-refractivity contribution in [2.45, 2.75) is 25.9 Å². The van der Waals surface area contributed by atoms with Crippen molar-refractivity contribution in [3.8, 4) is 5.75 Å². The molecule has 120 valence electrons. The first-order valence-corrected chi connectivity index (χ1v) is 8.02. The van der Waals surface area contributed by atoms with Crippen LogP contribution >= 0.6 is 0 Å². The molecule has 2 aromatic carbocycles. The van der Waals surface area contributed by atoms with Gasteiger partial charge in [0, 0.05) is 13.0 Å². The molecule has 0 saturated carbocycles. The van der Waals surface area contributed by atoms with Gasteiger partial charge in [0.2, 0.25) is 0 Å². The van der Waals surface area contributed by atoms with Crippen molar-refractivity contribution >= 4 is 6.03 Å². The number of amides is 2. The van der Waals surface area contributed by atoms with E-state index in [2.05, 4.69) is 41.8 Å². The van der Waals surface area contributed by atoms with Gasteiger partial charge < -0.3 is 15.4 Å². The Morgan fingerprint density at radius 3 is 2.87 bits per heavy atom. The van der Waals surface area contributed by atoms with Gasteiger partial charge in [-0.05, 0) is 30.5 Å². The molecule has 0 radical (unpaired) electrons. The molecule has 3 rings (SSSR count). The van der Waals surface area contributed by atoms with Crippen molar-refractivity contribution in [3.63, 3.8) is 0 Å². The Labute approximate surface area is 136 Å². The normalized spacial score (nSPS) is 15.6. The van der Waals surface area contributed by atoms with Gasteiger partial charge in [0.25, 0.3) is 0 Å². The fraction of sp³-hybridized carbons (Fsp3) is 0.316. The standard InChI is InChI=1S/C19H22N2O2/c1-14-5-4-6-15(11-14)9-10-20-19(22)21-13-17-12-16-7-2-3-8-18(16)23-17/h2-8,11,17H,9-10,12-13H2,1H3,(H2,20,21,22). The van der Waals surface area contributed by atoms with Crippen molar-refractivity contribution in [1.29, 1.82) is 0 Å². The second kappa shape index (κ2) is 7.18. The zero-order valence-electron chi connectivity index (χ0n) is 13.3. The molecule has 0 aliphatic carbocycles. The van der Waals surface area contributed by atoms with Gasteiger partial charge in [-0.25, -0.2) is 4.79 Å². The third-order valence-electron chi connectivity index (χ3n) is 3.99. The molecule has 0 saturated heterocycles. The lowest BCUT2D eigenvalue weighted by atomic mass is 10.1. The van der Waals surface area contributed by atoms with Crippen LogP contribution in [0.1, 0.15) is 16.7 Å². The molecule has 23 heavy (non-hydrogen) atoms. The summed E-state index contributed by atoms with van der Waals surface area (Å²) in [5, 5.41) is 5.77. The van der Waals surface area contributed by atoms with Crippen LogP contribution in [0.3, 0.4) is 0 Å². The highest BCUT2D eigenvalue weighted by Crippen LogP contribution is 2.27. The number of para-hydroxylation sites is 1. The van der Waals surface area contributed by atoms with Crippen LogP contribution in [0, 0.1) is 6.92 Å². The molecular formula is C19H22N2O2. The third kappa shape index (κ3) is 4.25. The summed E-state index contributed by atoms with van der Waals surface area (Å²) >= 11 is 0. The van der Waals surface area contributed by atoms with Gasteiger partial charge in [0.1, 0.15) is 11.9 Å². The number of fused-ring (bicyclic) bond motifs is 1. The summed E-state index contributed by atoms with van der Waals surface area (Å²) in [5.74, 6) is 0.930. The van der Waals surface area contributed by atoms with Gasteiger partial charge in [-0.15, -0.1) is 0 Å². The highest BCUT2D eigenvalue weighted by atomic mass is 16.5. The maximum Gasteiger partial charge on any atom is 0.314 e. The molecular weight excluding hydrogens is 288 g/mol. The van der Waals surface area contributed by atoms with Crippen LogP contribution in [0.4, 0.5) is 4.79 Å². The van der Waals surface area contributed by atoms with Crippen LogP contribution in [-0.2, 0) is 12.8 Å². The quantitative estimate of drug-likeness (QED) is 0.892. The number of hydrogen-bond acceptors (Lipinski definition) is 2. The number of benzene rings is 2. The molecule has 0 bridgehead atoms. The van der Waals surface area contributed by atoms with E-state index < -0.39 is 0 Å². The topological polar surface area (TPSA) is 50.4 Å². The predicted octanol–water partition coefficient (Wildman–Crippen LogP) is 2.84. The SMILES string of the molecule is Cc1cccc(CCNC(=O)NCC2Cc3ccccc3O2)c1. The first-order valence-electron chi connectivity index (χ1n) is 8.02. The predicted molar refractivity (Wildman–Crippen MR) is 90.8 cm³/mol. The zero-order chi connectivity index (χ0) is 16.1. The summed E-state index contributed by atoms with van der Waals surface area (Å²) in [6.07, 6.45) is 1.70. The highest BCUT2D eigenvalue weighted by molar-refractivity contribution is 5.73. The molecule has 0 aromatic heterocycles. The molecule has 1 unspecified atom stereocenters. The zero-order valence-corrected chi connectivity index (χ0v) is 13.3. The van der Waals surface area contributed by atoms with Crippen LogP contribution in [-0.4, -0.2) is 25.2 Å². The molecule has 4 heteroatoms. The minimum atomic E-state index is -0.141. The molecule has 0 fully saturated rings. The Morgan fingerprint density at radius 2 is 2.04 bits per heavy atom. The average Bonchev–Trinajstić information content (AvgIpc) is 2.96. The summed E-state index contributed by atoms with van der Waals surface area (Å²) in [4.78, 5) is 11.9. The van der Waals surface area contributed by atoms with E-state index in [9.17, 15) is 4.79 Å². The lowest BCUT2D eigenvalue weighted by molar-refractivity contribution is 0.214. The number of rotatable bonds is 5. The average molecular weight is 310 g/mol. The molecule has 1 aliphatic rings. The molecule has 1 aliphatic heterocycles. The molecule has 1 atom stereocenters. The molecule has 0 spiro atoms. The van der Waals surface area contributed by atoms with Gasteiger partial charge >= 0.3 is 6.03 Å². The largest absolute Gasteiger partial charge is 0.488 e. The lowest BCUT2D eigenvalue weighted by Crippen LogP contribution is -2.41. The van der Waals surface area contributed by atoms with Crippen LogP contribution in [0.5, 0.6) is 5.75 Å². The van der Waals surface area contributed by atoms with Crippen molar-refractivity contribution in [2.24, 2.45) is 0 Å². The fourth-order valence-electron chi connectivity index (χ4n) is 2.82. The number of carbonyl (C=O) groups excluding carboxylic acids is 1. The van der Waals surface area contributed by atoms with Crippen molar-refractivity contribution in [1.82, 2.24) is 10.6 Å². The summed E-state index contributed by atoms with van der Waals surface area (Å²) in [5.41, 5.74) is 3.68. The first-order chi connectivity index (χ1) is 11.2. The second-order valence-corrected chi connectivity index (χ2v) is 5.93. The van der Waals surface area contributed by atoms with E-state index in [0.29, 0.717) is 13.1 Å². The molecule has 2 aromatic rings. The Bertz CT molecular complexity index is 660. The van der Waals surface area contributed by atoms with Crippen molar-refractivity contribution in [2.75, 3.05) is 13.1 Å². The summed E-state index contributed by atoms with van der Waals surface area (Å²) < 4.78 is 5.80. The van der Waals surface area contributed by atoms with Crippen LogP contribution in [0.25, 0.3) is 0 Å². The van der Waals surface area contributed by atoms with Gasteiger partial charge in [-0.3, -0.25) is 0 Å². The fourth-order valence-corrected chi connectivity index (χ4v) is 2.82. The lowest BCUT2D eigenvalue weighted by Gasteiger charge is -2.12. The Morgan fingerprint density at radius 1 is 1.17 bits per heavy atom. The van der Waals surface area contributed by atoms with E-state index in [-0.39, 0.29) is 12.1 Å². The number of carbonyl (C=O) groups is 1. The summed E-state index contributed by atoms with van der Waals surface area (Å²) in [6, 6.07) is 16.2. The maximum atomic E-state index is 11.9. The monoisotopic (exact) mass is 310 g/mol. The van der Waals surface area contributed by atoms with Gasteiger partial charge in [0.15, 0.2) is 0 Å². The summed E-state index contributed by atoms with van der Waals surface area (Å²) in [7, 11) is 0. The first kappa shape index (κ1) is 15.4. The highest BCUT2D eigenvalue weighted by Gasteiger charge is 2.22. The van der Waals surface area contributed by atoms with E-state index >= 15 is 0 Å². The van der Waals surface area contributed by atoms with Crippen LogP contribution in [0.2, 0.25) is 0 Å². The van der Waals surface area contributed by atoms with E-state index in [1.54, 1.807) is 0 Å². The van der Waals surface area contributed by atoms with Crippen molar-refractivity contribution < 1.29 is 9.53 Å². The van der Waals surface area contributed by atoms with E-state index in [0.717, 1.165) is 18.6 Å². The molecule has 1 heterocycles. The van der Waals surface area contributed by atoms with Crippen molar-refractivity contribution in [3.05, 3.63) is 65.2 Å². The molecule has 2 N–H and O–H groups in total. The van der Waals surface area contributed by atoms with Crippen LogP contribution in [0.15, 0.2) is 48.5 Å². The second-order valence-electron chi connectivity index (χ2n) is 5.93. The van der Waals surface area contributed by atoms with E-state index in [1.165, 1.54) is 16.7 Å². The van der Waals surface area contributed by atoms with Crippen LogP contribution < -0.4 is 15.4 Å². The maximum absolute atomic E-state index is 11.9. The Balaban J connectivity index is 1.36. The number of nitrogens with one attached hydrogen (secondary N) is 2. The minimum Gasteiger partial charge on any atom is -0.488 e. The Hall–Kier alpha value is -2.49.